The first-order valence-corrected chi connectivity index (χ1v) is 10.5. The molecule has 0 saturated heterocycles. The van der Waals surface area contributed by atoms with E-state index in [2.05, 4.69) is 21.6 Å². The van der Waals surface area contributed by atoms with Crippen molar-refractivity contribution in [2.45, 2.75) is 32.5 Å². The summed E-state index contributed by atoms with van der Waals surface area (Å²) in [6.07, 6.45) is 0. The van der Waals surface area contributed by atoms with Crippen molar-refractivity contribution >= 4 is 29.3 Å². The van der Waals surface area contributed by atoms with E-state index in [1.165, 1.54) is 18.9 Å². The highest BCUT2D eigenvalue weighted by Gasteiger charge is 2.16. The fourth-order valence-corrected chi connectivity index (χ4v) is 3.80. The number of benzene rings is 2. The number of hydrogen-bond donors (Lipinski definition) is 1. The Hall–Kier alpha value is -3.13. The Morgan fingerprint density at radius 2 is 1.93 bits per heavy atom. The third-order valence-corrected chi connectivity index (χ3v) is 5.54. The summed E-state index contributed by atoms with van der Waals surface area (Å²) in [5, 5.41) is 12.1. The van der Waals surface area contributed by atoms with Crippen LogP contribution in [0.15, 0.2) is 47.6 Å². The molecule has 1 N–H and O–H groups in total. The maximum absolute atomic E-state index is 12.5. The number of methoxy groups -OCH3 is 1. The molecular formula is C22H24N4O3S. The Morgan fingerprint density at radius 3 is 2.63 bits per heavy atom. The van der Waals surface area contributed by atoms with Gasteiger partial charge in [0.2, 0.25) is 5.91 Å². The number of carbonyl (C=O) groups is 2. The molecule has 0 radical (unpaired) electrons. The van der Waals surface area contributed by atoms with Crippen LogP contribution in [-0.4, -0.2) is 39.5 Å². The number of amides is 1. The molecule has 0 atom stereocenters. The molecule has 3 aromatic rings. The number of hydrogen-bond acceptors (Lipinski definition) is 6. The van der Waals surface area contributed by atoms with Crippen molar-refractivity contribution in [3.63, 3.8) is 0 Å². The highest BCUT2D eigenvalue weighted by molar-refractivity contribution is 7.99. The number of anilines is 1. The SMILES string of the molecule is CCn1c(SCC(=O)Nc2cc(C(=O)OC)ccc2C)nnc1-c1cccc(C)c1. The summed E-state index contributed by atoms with van der Waals surface area (Å²) in [4.78, 5) is 24.2. The smallest absolute Gasteiger partial charge is 0.337 e. The average Bonchev–Trinajstić information content (AvgIpc) is 3.16. The standard InChI is InChI=1S/C22H24N4O3S/c1-5-26-20(16-8-6-7-14(2)11-16)24-25-22(26)30-13-19(27)23-18-12-17(21(28)29-4)10-9-15(18)3/h6-12H,5,13H2,1-4H3,(H,23,27). The van der Waals surface area contributed by atoms with Gasteiger partial charge < -0.3 is 14.6 Å². The Morgan fingerprint density at radius 1 is 1.13 bits per heavy atom. The van der Waals surface area contributed by atoms with Crippen LogP contribution in [-0.2, 0) is 16.1 Å². The molecule has 0 aliphatic rings. The molecule has 1 amide bonds. The van der Waals surface area contributed by atoms with Crippen LogP contribution in [0, 0.1) is 13.8 Å². The first-order chi connectivity index (χ1) is 14.4. The average molecular weight is 425 g/mol. The number of carbonyl (C=O) groups excluding carboxylic acids is 2. The molecule has 156 valence electrons. The van der Waals surface area contributed by atoms with Crippen LogP contribution in [0.4, 0.5) is 5.69 Å². The molecule has 0 aliphatic heterocycles. The quantitative estimate of drug-likeness (QED) is 0.454. The van der Waals surface area contributed by atoms with Gasteiger partial charge >= 0.3 is 5.97 Å². The fraction of sp³-hybridized carbons (Fsp3) is 0.273. The molecule has 0 spiro atoms. The Balaban J connectivity index is 1.70. The molecule has 0 bridgehead atoms. The van der Waals surface area contributed by atoms with Gasteiger partial charge in [0.25, 0.3) is 0 Å². The molecule has 2 aromatic carbocycles. The maximum Gasteiger partial charge on any atom is 0.337 e. The zero-order chi connectivity index (χ0) is 21.7. The molecule has 0 unspecified atom stereocenters. The number of nitrogens with zero attached hydrogens (tertiary/aromatic N) is 3. The van der Waals surface area contributed by atoms with E-state index in [0.29, 0.717) is 23.0 Å². The zero-order valence-corrected chi connectivity index (χ0v) is 18.2. The third-order valence-electron chi connectivity index (χ3n) is 4.57. The van der Waals surface area contributed by atoms with E-state index in [4.69, 9.17) is 4.74 Å². The number of thioether (sulfide) groups is 1. The lowest BCUT2D eigenvalue weighted by molar-refractivity contribution is -0.113. The van der Waals surface area contributed by atoms with Gasteiger partial charge in [-0.2, -0.15) is 0 Å². The van der Waals surface area contributed by atoms with E-state index in [1.54, 1.807) is 18.2 Å². The van der Waals surface area contributed by atoms with Crippen molar-refractivity contribution in [1.29, 1.82) is 0 Å². The number of nitrogens with one attached hydrogen (secondary N) is 1. The van der Waals surface area contributed by atoms with Crippen LogP contribution in [0.5, 0.6) is 0 Å². The van der Waals surface area contributed by atoms with E-state index in [-0.39, 0.29) is 11.7 Å². The highest BCUT2D eigenvalue weighted by Crippen LogP contribution is 2.25. The number of aryl methyl sites for hydroxylation is 2. The maximum atomic E-state index is 12.5. The lowest BCUT2D eigenvalue weighted by atomic mass is 10.1. The lowest BCUT2D eigenvalue weighted by Crippen LogP contribution is -2.16. The van der Waals surface area contributed by atoms with Gasteiger partial charge in [-0.25, -0.2) is 4.79 Å². The second kappa shape index (κ2) is 9.58. The lowest BCUT2D eigenvalue weighted by Gasteiger charge is -2.10. The molecule has 8 heteroatoms. The fourth-order valence-electron chi connectivity index (χ4n) is 3.00. The normalized spacial score (nSPS) is 10.7. The Kier molecular flexibility index (Phi) is 6.89. The van der Waals surface area contributed by atoms with E-state index >= 15 is 0 Å². The predicted octanol–water partition coefficient (Wildman–Crippen LogP) is 4.10. The molecular weight excluding hydrogens is 400 g/mol. The van der Waals surface area contributed by atoms with Crippen LogP contribution < -0.4 is 5.32 Å². The molecule has 1 aromatic heterocycles. The first kappa shape index (κ1) is 21.6. The van der Waals surface area contributed by atoms with Gasteiger partial charge in [-0.05, 0) is 44.5 Å². The van der Waals surface area contributed by atoms with Gasteiger partial charge in [0, 0.05) is 17.8 Å². The predicted molar refractivity (Wildman–Crippen MR) is 118 cm³/mol. The summed E-state index contributed by atoms with van der Waals surface area (Å²) in [6.45, 7) is 6.62. The monoisotopic (exact) mass is 424 g/mol. The van der Waals surface area contributed by atoms with E-state index < -0.39 is 5.97 Å². The highest BCUT2D eigenvalue weighted by atomic mass is 32.2. The van der Waals surface area contributed by atoms with E-state index in [1.807, 2.05) is 43.5 Å². The molecule has 0 saturated carbocycles. The van der Waals surface area contributed by atoms with Gasteiger partial charge in [0.05, 0.1) is 18.4 Å². The zero-order valence-electron chi connectivity index (χ0n) is 17.4. The van der Waals surface area contributed by atoms with E-state index in [9.17, 15) is 9.59 Å². The van der Waals surface area contributed by atoms with Crippen molar-refractivity contribution in [2.75, 3.05) is 18.2 Å². The summed E-state index contributed by atoms with van der Waals surface area (Å²) in [6, 6.07) is 13.2. The molecule has 7 nitrogen and oxygen atoms in total. The van der Waals surface area contributed by atoms with Crippen molar-refractivity contribution in [3.05, 3.63) is 59.2 Å². The summed E-state index contributed by atoms with van der Waals surface area (Å²) < 4.78 is 6.74. The minimum absolute atomic E-state index is 0.174. The summed E-state index contributed by atoms with van der Waals surface area (Å²) in [7, 11) is 1.33. The van der Waals surface area contributed by atoms with Gasteiger partial charge in [0.15, 0.2) is 11.0 Å². The second-order valence-corrected chi connectivity index (χ2v) is 7.72. The van der Waals surface area contributed by atoms with Crippen LogP contribution in [0.25, 0.3) is 11.4 Å². The largest absolute Gasteiger partial charge is 0.465 e. The molecule has 3 rings (SSSR count). The summed E-state index contributed by atoms with van der Waals surface area (Å²) in [5.41, 5.74) is 3.98. The first-order valence-electron chi connectivity index (χ1n) is 9.54. The van der Waals surface area contributed by atoms with Crippen LogP contribution in [0.3, 0.4) is 0 Å². The van der Waals surface area contributed by atoms with Crippen LogP contribution >= 0.6 is 11.8 Å². The Bertz CT molecular complexity index is 1080. The van der Waals surface area contributed by atoms with Crippen molar-refractivity contribution in [2.24, 2.45) is 0 Å². The number of ether oxygens (including phenoxy) is 1. The Labute approximate surface area is 179 Å². The van der Waals surface area contributed by atoms with Gasteiger partial charge in [-0.15, -0.1) is 10.2 Å². The number of aromatic nitrogens is 3. The molecule has 0 aliphatic carbocycles. The van der Waals surface area contributed by atoms with Crippen LogP contribution in [0.1, 0.15) is 28.4 Å². The van der Waals surface area contributed by atoms with E-state index in [0.717, 1.165) is 22.5 Å². The van der Waals surface area contributed by atoms with Crippen molar-refractivity contribution in [1.82, 2.24) is 14.8 Å². The van der Waals surface area contributed by atoms with Crippen molar-refractivity contribution < 1.29 is 14.3 Å². The molecule has 1 heterocycles. The molecule has 30 heavy (non-hydrogen) atoms. The molecule has 0 fully saturated rings. The van der Waals surface area contributed by atoms with Gasteiger partial charge in [-0.3, -0.25) is 4.79 Å². The van der Waals surface area contributed by atoms with Gasteiger partial charge in [0.1, 0.15) is 0 Å². The summed E-state index contributed by atoms with van der Waals surface area (Å²) in [5.74, 6) is 0.326. The number of rotatable bonds is 7. The van der Waals surface area contributed by atoms with Gasteiger partial charge in [-0.1, -0.05) is 41.6 Å². The number of esters is 1. The summed E-state index contributed by atoms with van der Waals surface area (Å²) >= 11 is 1.33. The second-order valence-electron chi connectivity index (χ2n) is 6.78. The van der Waals surface area contributed by atoms with Crippen molar-refractivity contribution in [3.8, 4) is 11.4 Å². The third kappa shape index (κ3) is 4.88. The van der Waals surface area contributed by atoms with Crippen LogP contribution in [0.2, 0.25) is 0 Å². The topological polar surface area (TPSA) is 86.1 Å². The minimum atomic E-state index is -0.445. The minimum Gasteiger partial charge on any atom is -0.465 e.